The molecule has 0 N–H and O–H groups in total. The van der Waals surface area contributed by atoms with Gasteiger partial charge in [0.05, 0.1) is 36.0 Å². The Morgan fingerprint density at radius 1 is 1.12 bits per heavy atom. The monoisotopic (exact) mass is 448 g/mol. The Balaban J connectivity index is 1.56. The average Bonchev–Trinajstić information content (AvgIpc) is 3.19. The molecule has 174 valence electrons. The number of fused-ring (bicyclic) bond motifs is 1. The van der Waals surface area contributed by atoms with Gasteiger partial charge in [0, 0.05) is 38.0 Å². The van der Waals surface area contributed by atoms with Crippen LogP contribution in [0.2, 0.25) is 0 Å². The molecule has 4 heterocycles. The summed E-state index contributed by atoms with van der Waals surface area (Å²) < 4.78 is 7.73. The van der Waals surface area contributed by atoms with Gasteiger partial charge >= 0.3 is 0 Å². The maximum absolute atomic E-state index is 12.1. The molecule has 2 fully saturated rings. The van der Waals surface area contributed by atoms with E-state index in [1.165, 1.54) is 0 Å². The van der Waals surface area contributed by atoms with Crippen LogP contribution in [0.3, 0.4) is 0 Å². The second-order valence-electron chi connectivity index (χ2n) is 9.06. The number of likely N-dealkylation sites (tertiary alicyclic amines) is 1. The van der Waals surface area contributed by atoms with E-state index in [-0.39, 0.29) is 11.9 Å². The van der Waals surface area contributed by atoms with E-state index in [2.05, 4.69) is 28.5 Å². The largest absolute Gasteiger partial charge is 0.377 e. The smallest absolute Gasteiger partial charge is 0.237 e. The van der Waals surface area contributed by atoms with Gasteiger partial charge in [-0.1, -0.05) is 19.1 Å². The molecule has 8 nitrogen and oxygen atoms in total. The number of anilines is 1. The minimum absolute atomic E-state index is 0.236. The highest BCUT2D eigenvalue weighted by Crippen LogP contribution is 2.31. The number of ether oxygens (including phenoxy) is 1. The van der Waals surface area contributed by atoms with E-state index in [0.29, 0.717) is 31.5 Å². The fourth-order valence-corrected chi connectivity index (χ4v) is 5.01. The molecule has 2 aromatic heterocycles. The molecule has 5 rings (SSSR count). The van der Waals surface area contributed by atoms with Crippen molar-refractivity contribution in [1.82, 2.24) is 24.4 Å². The zero-order valence-electron chi connectivity index (χ0n) is 19.7. The van der Waals surface area contributed by atoms with E-state index in [4.69, 9.17) is 19.7 Å². The van der Waals surface area contributed by atoms with Crippen LogP contribution in [0.1, 0.15) is 50.5 Å². The molecule has 0 radical (unpaired) electrons. The summed E-state index contributed by atoms with van der Waals surface area (Å²) in [6, 6.07) is 10.5. The zero-order valence-corrected chi connectivity index (χ0v) is 19.7. The molecule has 0 aliphatic carbocycles. The molecule has 2 aliphatic heterocycles. The first-order valence-corrected chi connectivity index (χ1v) is 12.0. The normalized spacial score (nSPS) is 19.9. The number of aromatic nitrogens is 4. The van der Waals surface area contributed by atoms with Gasteiger partial charge in [0.2, 0.25) is 11.9 Å². The molecule has 0 spiro atoms. The van der Waals surface area contributed by atoms with E-state index < -0.39 is 0 Å². The average molecular weight is 449 g/mol. The molecule has 2 saturated heterocycles. The zero-order chi connectivity index (χ0) is 22.9. The third kappa shape index (κ3) is 4.19. The predicted molar refractivity (Wildman–Crippen MR) is 128 cm³/mol. The van der Waals surface area contributed by atoms with Crippen molar-refractivity contribution >= 4 is 22.8 Å². The number of aryl methyl sites for hydroxylation is 1. The van der Waals surface area contributed by atoms with Gasteiger partial charge in [-0.25, -0.2) is 9.97 Å². The van der Waals surface area contributed by atoms with Crippen LogP contribution in [0.5, 0.6) is 0 Å². The molecule has 8 heteroatoms. The lowest BCUT2D eigenvalue weighted by Gasteiger charge is -2.35. The van der Waals surface area contributed by atoms with Gasteiger partial charge < -0.3 is 14.5 Å². The molecule has 3 aromatic rings. The number of hydrogen-bond acceptors (Lipinski definition) is 6. The Morgan fingerprint density at radius 2 is 1.91 bits per heavy atom. The van der Waals surface area contributed by atoms with Gasteiger partial charge in [-0.15, -0.1) is 0 Å². The summed E-state index contributed by atoms with van der Waals surface area (Å²) in [5.41, 5.74) is 3.00. The van der Waals surface area contributed by atoms with Gasteiger partial charge in [0.25, 0.3) is 0 Å². The number of piperidine rings is 1. The third-order valence-electron chi connectivity index (χ3n) is 6.88. The molecule has 1 amide bonds. The number of benzene rings is 1. The summed E-state index contributed by atoms with van der Waals surface area (Å²) in [4.78, 5) is 31.3. The van der Waals surface area contributed by atoms with Crippen molar-refractivity contribution in [2.45, 2.75) is 52.0 Å². The first-order valence-electron chi connectivity index (χ1n) is 12.0. The van der Waals surface area contributed by atoms with Crippen molar-refractivity contribution < 1.29 is 9.53 Å². The topological polar surface area (TPSA) is 76.4 Å². The quantitative estimate of drug-likeness (QED) is 0.608. The van der Waals surface area contributed by atoms with Crippen LogP contribution in [-0.2, 0) is 9.53 Å². The van der Waals surface area contributed by atoms with Crippen LogP contribution in [0.15, 0.2) is 30.3 Å². The summed E-state index contributed by atoms with van der Waals surface area (Å²) in [5, 5.41) is 0. The molecule has 2 aliphatic rings. The molecular formula is C25H32N6O2. The van der Waals surface area contributed by atoms with E-state index in [1.807, 2.05) is 36.9 Å². The highest BCUT2D eigenvalue weighted by Gasteiger charge is 2.28. The Labute approximate surface area is 194 Å². The van der Waals surface area contributed by atoms with E-state index in [9.17, 15) is 4.79 Å². The van der Waals surface area contributed by atoms with Gasteiger partial charge in [0.1, 0.15) is 11.6 Å². The predicted octanol–water partition coefficient (Wildman–Crippen LogP) is 3.47. The highest BCUT2D eigenvalue weighted by molar-refractivity contribution is 5.77. The molecule has 1 aromatic carbocycles. The van der Waals surface area contributed by atoms with Crippen molar-refractivity contribution in [2.75, 3.05) is 37.7 Å². The maximum Gasteiger partial charge on any atom is 0.237 e. The minimum Gasteiger partial charge on any atom is -0.377 e. The summed E-state index contributed by atoms with van der Waals surface area (Å²) in [6.07, 6.45) is 2.41. The SMILES string of the molecule is CCC(=O)N1CCC(c2cc(N3CCOCC3C)nc(-n3c(C)nc4ccccc43)n2)CC1. The lowest BCUT2D eigenvalue weighted by atomic mass is 9.93. The summed E-state index contributed by atoms with van der Waals surface area (Å²) in [7, 11) is 0. The van der Waals surface area contributed by atoms with Crippen LogP contribution in [0.25, 0.3) is 17.0 Å². The third-order valence-corrected chi connectivity index (χ3v) is 6.88. The number of rotatable bonds is 4. The number of carbonyl (C=O) groups is 1. The number of carbonyl (C=O) groups excluding carboxylic acids is 1. The fraction of sp³-hybridized carbons (Fsp3) is 0.520. The second-order valence-corrected chi connectivity index (χ2v) is 9.06. The van der Waals surface area contributed by atoms with Crippen molar-refractivity contribution in [3.63, 3.8) is 0 Å². The van der Waals surface area contributed by atoms with Crippen molar-refractivity contribution in [3.8, 4) is 5.95 Å². The highest BCUT2D eigenvalue weighted by atomic mass is 16.5. The second kappa shape index (κ2) is 9.09. The maximum atomic E-state index is 12.1. The van der Waals surface area contributed by atoms with Crippen LogP contribution >= 0.6 is 0 Å². The Bertz CT molecular complexity index is 1150. The molecule has 0 bridgehead atoms. The number of para-hydroxylation sites is 2. The summed E-state index contributed by atoms with van der Waals surface area (Å²) in [5.74, 6) is 3.02. The van der Waals surface area contributed by atoms with Gasteiger partial charge in [-0.2, -0.15) is 4.98 Å². The summed E-state index contributed by atoms with van der Waals surface area (Å²) in [6.45, 7) is 9.88. The number of hydrogen-bond donors (Lipinski definition) is 0. The van der Waals surface area contributed by atoms with Crippen molar-refractivity contribution in [3.05, 3.63) is 41.9 Å². The standard InChI is InChI=1S/C25H32N6O2/c1-4-24(32)29-11-9-19(10-12-29)21-15-23(30-13-14-33-16-17(30)2)28-25(27-21)31-18(3)26-20-7-5-6-8-22(20)31/h5-8,15,17,19H,4,9-14,16H2,1-3H3. The molecule has 1 atom stereocenters. The summed E-state index contributed by atoms with van der Waals surface area (Å²) >= 11 is 0. The first kappa shape index (κ1) is 21.8. The molecule has 33 heavy (non-hydrogen) atoms. The Morgan fingerprint density at radius 3 is 2.67 bits per heavy atom. The van der Waals surface area contributed by atoms with E-state index in [1.54, 1.807) is 0 Å². The number of morpholine rings is 1. The van der Waals surface area contributed by atoms with Crippen LogP contribution in [0.4, 0.5) is 5.82 Å². The Hall–Kier alpha value is -3.00. The lowest BCUT2D eigenvalue weighted by Crippen LogP contribution is -2.44. The minimum atomic E-state index is 0.236. The van der Waals surface area contributed by atoms with E-state index in [0.717, 1.165) is 60.8 Å². The number of nitrogens with zero attached hydrogens (tertiary/aromatic N) is 6. The van der Waals surface area contributed by atoms with Crippen molar-refractivity contribution in [2.24, 2.45) is 0 Å². The molecule has 1 unspecified atom stereocenters. The van der Waals surface area contributed by atoms with Crippen molar-refractivity contribution in [1.29, 1.82) is 0 Å². The number of amides is 1. The van der Waals surface area contributed by atoms with Crippen LogP contribution < -0.4 is 4.90 Å². The van der Waals surface area contributed by atoms with Crippen LogP contribution in [0, 0.1) is 6.92 Å². The van der Waals surface area contributed by atoms with Gasteiger partial charge in [-0.3, -0.25) is 9.36 Å². The first-order chi connectivity index (χ1) is 16.0. The Kier molecular flexibility index (Phi) is 6.01. The molecule has 0 saturated carbocycles. The van der Waals surface area contributed by atoms with Gasteiger partial charge in [-0.05, 0) is 38.8 Å². The van der Waals surface area contributed by atoms with E-state index >= 15 is 0 Å². The number of imidazole rings is 1. The lowest BCUT2D eigenvalue weighted by molar-refractivity contribution is -0.131. The molecular weight excluding hydrogens is 416 g/mol. The van der Waals surface area contributed by atoms with Crippen LogP contribution in [-0.4, -0.2) is 69.2 Å². The van der Waals surface area contributed by atoms with Gasteiger partial charge in [0.15, 0.2) is 0 Å². The fourth-order valence-electron chi connectivity index (χ4n) is 5.01.